The van der Waals surface area contributed by atoms with Crippen LogP contribution in [0.1, 0.15) is 5.56 Å². The van der Waals surface area contributed by atoms with Gasteiger partial charge in [-0.3, -0.25) is 9.59 Å². The Bertz CT molecular complexity index is 975. The summed E-state index contributed by atoms with van der Waals surface area (Å²) < 4.78 is 5.42. The lowest BCUT2D eigenvalue weighted by Crippen LogP contribution is -2.35. The summed E-state index contributed by atoms with van der Waals surface area (Å²) in [6.45, 7) is 0.141. The van der Waals surface area contributed by atoms with Gasteiger partial charge in [0.1, 0.15) is 6.61 Å². The van der Waals surface area contributed by atoms with E-state index >= 15 is 0 Å². The molecule has 0 atom stereocenters. The molecule has 2 amide bonds. The van der Waals surface area contributed by atoms with Crippen molar-refractivity contribution in [1.29, 1.82) is 0 Å². The van der Waals surface area contributed by atoms with E-state index in [0.29, 0.717) is 12.3 Å². The molecule has 0 aliphatic carbocycles. The Balaban J connectivity index is 1.40. The van der Waals surface area contributed by atoms with Crippen LogP contribution in [0.2, 0.25) is 0 Å². The highest BCUT2D eigenvalue weighted by Crippen LogP contribution is 2.22. The second-order valence-corrected chi connectivity index (χ2v) is 7.49. The Morgan fingerprint density at radius 1 is 0.867 bits per heavy atom. The second kappa shape index (κ2) is 11.2. The fraction of sp³-hybridized carbons (Fsp3) is 0.167. The van der Waals surface area contributed by atoms with Crippen molar-refractivity contribution in [2.24, 2.45) is 0 Å². The van der Waals surface area contributed by atoms with E-state index in [1.807, 2.05) is 85.1 Å². The van der Waals surface area contributed by atoms with Gasteiger partial charge in [0, 0.05) is 10.6 Å². The predicted octanol–water partition coefficient (Wildman–Crippen LogP) is 4.35. The molecule has 0 saturated heterocycles. The summed E-state index contributed by atoms with van der Waals surface area (Å²) in [5, 5.41) is 5.38. The van der Waals surface area contributed by atoms with E-state index in [-0.39, 0.29) is 25.0 Å². The van der Waals surface area contributed by atoms with Gasteiger partial charge in [-0.05, 0) is 47.2 Å². The van der Waals surface area contributed by atoms with Gasteiger partial charge in [0.15, 0.2) is 0 Å². The molecule has 154 valence electrons. The van der Waals surface area contributed by atoms with Gasteiger partial charge < -0.3 is 15.4 Å². The maximum absolute atomic E-state index is 12.2. The highest BCUT2D eigenvalue weighted by molar-refractivity contribution is 7.98. The highest BCUT2D eigenvalue weighted by atomic mass is 32.2. The third-order valence-electron chi connectivity index (χ3n) is 4.36. The number of benzene rings is 3. The van der Waals surface area contributed by atoms with Crippen molar-refractivity contribution in [3.8, 4) is 11.1 Å². The largest absolute Gasteiger partial charge is 0.367 e. The third kappa shape index (κ3) is 6.76. The molecule has 30 heavy (non-hydrogen) atoms. The average molecular weight is 421 g/mol. The zero-order valence-corrected chi connectivity index (χ0v) is 17.6. The molecule has 3 aromatic rings. The fourth-order valence-electron chi connectivity index (χ4n) is 2.83. The normalized spacial score (nSPS) is 10.4. The van der Waals surface area contributed by atoms with Crippen LogP contribution in [-0.2, 0) is 20.9 Å². The molecule has 0 radical (unpaired) electrons. The zero-order chi connectivity index (χ0) is 21.2. The Kier molecular flexibility index (Phi) is 8.06. The molecule has 6 heteroatoms. The van der Waals surface area contributed by atoms with Gasteiger partial charge in [-0.25, -0.2) is 0 Å². The summed E-state index contributed by atoms with van der Waals surface area (Å²) >= 11 is 1.67. The number of nitrogens with one attached hydrogen (secondary N) is 2. The Morgan fingerprint density at radius 3 is 2.33 bits per heavy atom. The fourth-order valence-corrected chi connectivity index (χ4v) is 3.23. The quantitative estimate of drug-likeness (QED) is 0.505. The van der Waals surface area contributed by atoms with Gasteiger partial charge in [0.2, 0.25) is 11.8 Å². The van der Waals surface area contributed by atoms with Gasteiger partial charge in [-0.1, -0.05) is 54.6 Å². The van der Waals surface area contributed by atoms with Crippen molar-refractivity contribution < 1.29 is 14.3 Å². The molecule has 0 heterocycles. The van der Waals surface area contributed by atoms with Crippen molar-refractivity contribution in [1.82, 2.24) is 5.32 Å². The average Bonchev–Trinajstić information content (AvgIpc) is 2.79. The SMILES string of the molecule is CSc1ccc(COCC(=O)NCC(=O)Nc2cccc(-c3ccccc3)c2)cc1. The van der Waals surface area contributed by atoms with E-state index in [4.69, 9.17) is 4.74 Å². The number of anilines is 1. The van der Waals surface area contributed by atoms with Crippen LogP contribution in [-0.4, -0.2) is 31.2 Å². The highest BCUT2D eigenvalue weighted by Gasteiger charge is 2.07. The first kappa shape index (κ1) is 21.6. The molecule has 0 saturated carbocycles. The molecule has 0 aliphatic heterocycles. The topological polar surface area (TPSA) is 67.4 Å². The van der Waals surface area contributed by atoms with Gasteiger partial charge in [0.05, 0.1) is 13.2 Å². The molecule has 0 bridgehead atoms. The first-order chi connectivity index (χ1) is 14.6. The molecule has 2 N–H and O–H groups in total. The molecular weight excluding hydrogens is 396 g/mol. The summed E-state index contributed by atoms with van der Waals surface area (Å²) in [4.78, 5) is 25.2. The molecule has 0 aliphatic rings. The van der Waals surface area contributed by atoms with E-state index in [2.05, 4.69) is 10.6 Å². The molecule has 0 unspecified atom stereocenters. The van der Waals surface area contributed by atoms with E-state index < -0.39 is 0 Å². The Morgan fingerprint density at radius 2 is 1.60 bits per heavy atom. The molecule has 0 spiro atoms. The van der Waals surface area contributed by atoms with E-state index in [1.54, 1.807) is 11.8 Å². The molecule has 5 nitrogen and oxygen atoms in total. The number of ether oxygens (including phenoxy) is 1. The first-order valence-electron chi connectivity index (χ1n) is 9.57. The van der Waals surface area contributed by atoms with Crippen molar-refractivity contribution in [3.63, 3.8) is 0 Å². The number of amides is 2. The Labute approximate surface area is 180 Å². The Hall–Kier alpha value is -3.09. The summed E-state index contributed by atoms with van der Waals surface area (Å²) in [5.74, 6) is -0.620. The second-order valence-electron chi connectivity index (χ2n) is 6.61. The molecular formula is C24H24N2O3S. The minimum absolute atomic E-state index is 0.0962. The van der Waals surface area contributed by atoms with Crippen molar-refractivity contribution in [2.45, 2.75) is 11.5 Å². The van der Waals surface area contributed by atoms with Crippen molar-refractivity contribution in [3.05, 3.63) is 84.4 Å². The number of hydrogen-bond donors (Lipinski definition) is 2. The monoisotopic (exact) mass is 420 g/mol. The van der Waals surface area contributed by atoms with Gasteiger partial charge in [-0.15, -0.1) is 11.8 Å². The maximum atomic E-state index is 12.2. The smallest absolute Gasteiger partial charge is 0.246 e. The maximum Gasteiger partial charge on any atom is 0.246 e. The van der Waals surface area contributed by atoms with Crippen LogP contribution in [0, 0.1) is 0 Å². The predicted molar refractivity (Wildman–Crippen MR) is 121 cm³/mol. The summed E-state index contributed by atoms with van der Waals surface area (Å²) in [5.41, 5.74) is 3.76. The number of rotatable bonds is 9. The summed E-state index contributed by atoms with van der Waals surface area (Å²) in [6, 6.07) is 25.5. The number of carbonyl (C=O) groups excluding carboxylic acids is 2. The van der Waals surface area contributed by atoms with Crippen LogP contribution in [0.15, 0.2) is 83.8 Å². The van der Waals surface area contributed by atoms with Crippen molar-refractivity contribution >= 4 is 29.3 Å². The van der Waals surface area contributed by atoms with Crippen LogP contribution in [0.25, 0.3) is 11.1 Å². The molecule has 0 fully saturated rings. The standard InChI is InChI=1S/C24H24N2O3S/c1-30-22-12-10-18(11-13-22)16-29-17-24(28)25-15-23(27)26-21-9-5-8-20(14-21)19-6-3-2-4-7-19/h2-14H,15-17H2,1H3,(H,25,28)(H,26,27). The van der Waals surface area contributed by atoms with Crippen molar-refractivity contribution in [2.75, 3.05) is 24.7 Å². The lowest BCUT2D eigenvalue weighted by Gasteiger charge is -2.09. The van der Waals surface area contributed by atoms with Gasteiger partial charge >= 0.3 is 0 Å². The minimum Gasteiger partial charge on any atom is -0.367 e. The van der Waals surface area contributed by atoms with Crippen LogP contribution >= 0.6 is 11.8 Å². The number of carbonyl (C=O) groups is 2. The van der Waals surface area contributed by atoms with E-state index in [9.17, 15) is 9.59 Å². The third-order valence-corrected chi connectivity index (χ3v) is 5.10. The lowest BCUT2D eigenvalue weighted by molar-refractivity contribution is -0.128. The number of thioether (sulfide) groups is 1. The van der Waals surface area contributed by atoms with E-state index in [1.165, 1.54) is 4.90 Å². The van der Waals surface area contributed by atoms with Crippen LogP contribution in [0.3, 0.4) is 0 Å². The summed E-state index contributed by atoms with van der Waals surface area (Å²) in [6.07, 6.45) is 2.02. The van der Waals surface area contributed by atoms with Crippen LogP contribution in [0.5, 0.6) is 0 Å². The minimum atomic E-state index is -0.330. The number of hydrogen-bond acceptors (Lipinski definition) is 4. The van der Waals surface area contributed by atoms with Crippen LogP contribution in [0.4, 0.5) is 5.69 Å². The van der Waals surface area contributed by atoms with Gasteiger partial charge in [0.25, 0.3) is 0 Å². The van der Waals surface area contributed by atoms with E-state index in [0.717, 1.165) is 16.7 Å². The zero-order valence-electron chi connectivity index (χ0n) is 16.8. The van der Waals surface area contributed by atoms with Crippen LogP contribution < -0.4 is 10.6 Å². The lowest BCUT2D eigenvalue weighted by atomic mass is 10.1. The molecule has 3 rings (SSSR count). The van der Waals surface area contributed by atoms with Gasteiger partial charge in [-0.2, -0.15) is 0 Å². The first-order valence-corrected chi connectivity index (χ1v) is 10.8. The summed E-state index contributed by atoms with van der Waals surface area (Å²) in [7, 11) is 0. The molecule has 0 aromatic heterocycles. The molecule has 3 aromatic carbocycles.